The predicted molar refractivity (Wildman–Crippen MR) is 84.8 cm³/mol. The second-order valence-corrected chi connectivity index (χ2v) is 5.70. The van der Waals surface area contributed by atoms with Crippen LogP contribution in [-0.2, 0) is 11.3 Å². The Bertz CT molecular complexity index is 453. The molecule has 1 aliphatic rings. The van der Waals surface area contributed by atoms with E-state index in [1.165, 1.54) is 19.3 Å². The molecule has 1 saturated carbocycles. The van der Waals surface area contributed by atoms with Crippen LogP contribution in [0.4, 0.5) is 0 Å². The minimum atomic E-state index is 0.357. The van der Waals surface area contributed by atoms with E-state index in [9.17, 15) is 0 Å². The third-order valence-corrected chi connectivity index (χ3v) is 4.44. The van der Waals surface area contributed by atoms with Crippen molar-refractivity contribution in [2.45, 2.75) is 44.4 Å². The minimum Gasteiger partial charge on any atom is -0.493 e. The third kappa shape index (κ3) is 3.84. The topological polar surface area (TPSA) is 53.5 Å². The number of quaternary nitrogens is 1. The van der Waals surface area contributed by atoms with Crippen LogP contribution in [0.15, 0.2) is 12.1 Å². The highest BCUT2D eigenvalue weighted by atomic mass is 16.5. The van der Waals surface area contributed by atoms with E-state index < -0.39 is 0 Å². The third-order valence-electron chi connectivity index (χ3n) is 4.44. The van der Waals surface area contributed by atoms with Gasteiger partial charge in [-0.15, -0.1) is 0 Å². The summed E-state index contributed by atoms with van der Waals surface area (Å²) in [5.74, 6) is 2.05. The van der Waals surface area contributed by atoms with Crippen LogP contribution >= 0.6 is 0 Å². The van der Waals surface area contributed by atoms with E-state index in [-0.39, 0.29) is 0 Å². The summed E-state index contributed by atoms with van der Waals surface area (Å²) in [6, 6.07) is 4.56. The molecule has 5 heteroatoms. The normalized spacial score (nSPS) is 21.5. The molecule has 0 aromatic heterocycles. The predicted octanol–water partition coefficient (Wildman–Crippen LogP) is 1.73. The van der Waals surface area contributed by atoms with Crippen molar-refractivity contribution in [2.24, 2.45) is 0 Å². The molecule has 124 valence electrons. The van der Waals surface area contributed by atoms with E-state index in [0.717, 1.165) is 18.5 Å². The van der Waals surface area contributed by atoms with Crippen LogP contribution < -0.4 is 19.5 Å². The van der Waals surface area contributed by atoms with Crippen LogP contribution in [0.2, 0.25) is 0 Å². The number of hydrogen-bond donors (Lipinski definition) is 1. The summed E-state index contributed by atoms with van der Waals surface area (Å²) in [4.78, 5) is 0. The van der Waals surface area contributed by atoms with E-state index in [1.54, 1.807) is 21.3 Å². The van der Waals surface area contributed by atoms with E-state index in [2.05, 4.69) is 5.32 Å². The molecule has 0 spiro atoms. The van der Waals surface area contributed by atoms with Crippen LogP contribution in [0, 0.1) is 0 Å². The number of methoxy groups -OCH3 is 4. The smallest absolute Gasteiger partial charge is 0.203 e. The van der Waals surface area contributed by atoms with Gasteiger partial charge in [0, 0.05) is 19.1 Å². The largest absolute Gasteiger partial charge is 0.493 e. The molecule has 22 heavy (non-hydrogen) atoms. The number of rotatable bonds is 7. The summed E-state index contributed by atoms with van der Waals surface area (Å²) in [6.45, 7) is 0.876. The standard InChI is InChI=1S/C17H27NO4/c1-19-14-8-6-5-7-13(14)18-11-12-9-15(20-2)17(22-4)16(10-12)21-3/h9-10,13-14,18H,5-8,11H2,1-4H3/p+1/t13-,14+/m1/s1. The Morgan fingerprint density at radius 3 is 2.14 bits per heavy atom. The number of hydrogen-bond acceptors (Lipinski definition) is 4. The first kappa shape index (κ1) is 16.9. The SMILES string of the molecule is COc1cc(C[NH2+][C@@H]2CCCC[C@@H]2OC)cc(OC)c1OC. The molecule has 5 nitrogen and oxygen atoms in total. The zero-order chi connectivity index (χ0) is 15.9. The van der Waals surface area contributed by atoms with Gasteiger partial charge in [0.25, 0.3) is 0 Å². The van der Waals surface area contributed by atoms with Crippen molar-refractivity contribution in [3.8, 4) is 17.2 Å². The van der Waals surface area contributed by atoms with Crippen LogP contribution in [0.1, 0.15) is 31.2 Å². The van der Waals surface area contributed by atoms with Gasteiger partial charge in [0.2, 0.25) is 5.75 Å². The Balaban J connectivity index is 2.09. The average molecular weight is 310 g/mol. The zero-order valence-corrected chi connectivity index (χ0v) is 14.1. The van der Waals surface area contributed by atoms with Gasteiger partial charge in [-0.05, 0) is 25.0 Å². The van der Waals surface area contributed by atoms with Crippen molar-refractivity contribution < 1.29 is 24.3 Å². The molecule has 0 aliphatic heterocycles. The molecule has 0 bridgehead atoms. The summed E-state index contributed by atoms with van der Waals surface area (Å²) in [6.07, 6.45) is 5.29. The molecule has 0 saturated heterocycles. The van der Waals surface area contributed by atoms with Gasteiger partial charge in [-0.3, -0.25) is 0 Å². The average Bonchev–Trinajstić information content (AvgIpc) is 2.58. The summed E-state index contributed by atoms with van der Waals surface area (Å²) >= 11 is 0. The zero-order valence-electron chi connectivity index (χ0n) is 14.1. The summed E-state index contributed by atoms with van der Waals surface area (Å²) in [7, 11) is 6.73. The van der Waals surface area contributed by atoms with Crippen LogP contribution in [-0.4, -0.2) is 40.6 Å². The maximum absolute atomic E-state index is 5.62. The highest BCUT2D eigenvalue weighted by Crippen LogP contribution is 2.38. The Kier molecular flexibility index (Phi) is 6.34. The quantitative estimate of drug-likeness (QED) is 0.833. The van der Waals surface area contributed by atoms with Gasteiger partial charge < -0.3 is 24.3 Å². The molecule has 1 aromatic carbocycles. The van der Waals surface area contributed by atoms with Crippen molar-refractivity contribution in [3.63, 3.8) is 0 Å². The maximum Gasteiger partial charge on any atom is 0.203 e. The number of benzene rings is 1. The lowest BCUT2D eigenvalue weighted by atomic mass is 9.92. The highest BCUT2D eigenvalue weighted by molar-refractivity contribution is 5.53. The first-order valence-corrected chi connectivity index (χ1v) is 7.88. The summed E-state index contributed by atoms with van der Waals surface area (Å²) in [5.41, 5.74) is 1.16. The van der Waals surface area contributed by atoms with Crippen molar-refractivity contribution in [2.75, 3.05) is 28.4 Å². The summed E-state index contributed by atoms with van der Waals surface area (Å²) in [5, 5.41) is 2.37. The Morgan fingerprint density at radius 2 is 1.59 bits per heavy atom. The molecule has 1 aliphatic carbocycles. The van der Waals surface area contributed by atoms with Gasteiger partial charge in [0.05, 0.1) is 21.3 Å². The van der Waals surface area contributed by atoms with Gasteiger partial charge in [0.15, 0.2) is 11.5 Å². The Hall–Kier alpha value is -1.46. The monoisotopic (exact) mass is 310 g/mol. The van der Waals surface area contributed by atoms with Crippen LogP contribution in [0.3, 0.4) is 0 Å². The highest BCUT2D eigenvalue weighted by Gasteiger charge is 2.27. The lowest BCUT2D eigenvalue weighted by molar-refractivity contribution is -0.713. The van der Waals surface area contributed by atoms with Crippen molar-refractivity contribution in [3.05, 3.63) is 17.7 Å². The first-order chi connectivity index (χ1) is 10.7. The first-order valence-electron chi connectivity index (χ1n) is 7.88. The second kappa shape index (κ2) is 8.25. The fourth-order valence-electron chi connectivity index (χ4n) is 3.23. The minimum absolute atomic E-state index is 0.357. The molecule has 0 amide bonds. The lowest BCUT2D eigenvalue weighted by Gasteiger charge is -2.28. The second-order valence-electron chi connectivity index (χ2n) is 5.70. The van der Waals surface area contributed by atoms with E-state index in [4.69, 9.17) is 18.9 Å². The van der Waals surface area contributed by atoms with Gasteiger partial charge in [-0.1, -0.05) is 6.42 Å². The lowest BCUT2D eigenvalue weighted by Crippen LogP contribution is -2.91. The van der Waals surface area contributed by atoms with Gasteiger partial charge in [-0.25, -0.2) is 0 Å². The molecule has 2 N–H and O–H groups in total. The molecule has 1 aromatic rings. The molecular weight excluding hydrogens is 282 g/mol. The number of ether oxygens (including phenoxy) is 4. The van der Waals surface area contributed by atoms with Crippen molar-refractivity contribution in [1.29, 1.82) is 0 Å². The molecule has 0 unspecified atom stereocenters. The van der Waals surface area contributed by atoms with E-state index in [0.29, 0.717) is 29.4 Å². The Labute approximate surface area is 132 Å². The molecule has 2 rings (SSSR count). The summed E-state index contributed by atoms with van der Waals surface area (Å²) < 4.78 is 21.8. The van der Waals surface area contributed by atoms with Gasteiger partial charge in [0.1, 0.15) is 18.7 Å². The van der Waals surface area contributed by atoms with Gasteiger partial charge in [-0.2, -0.15) is 0 Å². The van der Waals surface area contributed by atoms with Crippen molar-refractivity contribution >= 4 is 0 Å². The maximum atomic E-state index is 5.62. The number of nitrogens with two attached hydrogens (primary N) is 1. The molecule has 0 radical (unpaired) electrons. The molecular formula is C17H28NO4+. The Morgan fingerprint density at radius 1 is 0.955 bits per heavy atom. The van der Waals surface area contributed by atoms with Crippen LogP contribution in [0.25, 0.3) is 0 Å². The van der Waals surface area contributed by atoms with Crippen molar-refractivity contribution in [1.82, 2.24) is 0 Å². The fraction of sp³-hybridized carbons (Fsp3) is 0.647. The molecule has 0 heterocycles. The van der Waals surface area contributed by atoms with E-state index in [1.807, 2.05) is 19.2 Å². The van der Waals surface area contributed by atoms with Crippen LogP contribution in [0.5, 0.6) is 17.2 Å². The molecule has 2 atom stereocenters. The van der Waals surface area contributed by atoms with Gasteiger partial charge >= 0.3 is 0 Å². The van der Waals surface area contributed by atoms with E-state index >= 15 is 0 Å². The fourth-order valence-corrected chi connectivity index (χ4v) is 3.23. The molecule has 1 fully saturated rings.